The first kappa shape index (κ1) is 10.9. The molecule has 0 heterocycles. The van der Waals surface area contributed by atoms with Crippen LogP contribution in [0, 0.1) is 5.92 Å². The summed E-state index contributed by atoms with van der Waals surface area (Å²) < 4.78 is 5.41. The Bertz CT molecular complexity index is 91.6. The standard InChI is InChI=1S/C9H20O2/c1-5-8(10)9(7(3)4)11-6-2/h7-10H,5-6H2,1-4H3/t8?,9-/m1/s1. The maximum atomic E-state index is 9.49. The summed E-state index contributed by atoms with van der Waals surface area (Å²) in [5.74, 6) is 0.393. The fourth-order valence-corrected chi connectivity index (χ4v) is 1.17. The van der Waals surface area contributed by atoms with Gasteiger partial charge in [0.25, 0.3) is 0 Å². The van der Waals surface area contributed by atoms with Gasteiger partial charge in [0.1, 0.15) is 0 Å². The predicted molar refractivity (Wildman–Crippen MR) is 46.5 cm³/mol. The van der Waals surface area contributed by atoms with Gasteiger partial charge in [-0.05, 0) is 19.3 Å². The molecule has 0 rings (SSSR count). The third kappa shape index (κ3) is 3.73. The highest BCUT2D eigenvalue weighted by Gasteiger charge is 2.20. The van der Waals surface area contributed by atoms with E-state index in [0.29, 0.717) is 12.5 Å². The molecule has 2 heteroatoms. The van der Waals surface area contributed by atoms with Gasteiger partial charge in [0.05, 0.1) is 12.2 Å². The zero-order valence-electron chi connectivity index (χ0n) is 8.00. The zero-order chi connectivity index (χ0) is 8.85. The van der Waals surface area contributed by atoms with Crippen LogP contribution < -0.4 is 0 Å². The van der Waals surface area contributed by atoms with Gasteiger partial charge in [0, 0.05) is 6.61 Å². The monoisotopic (exact) mass is 160 g/mol. The van der Waals surface area contributed by atoms with Crippen molar-refractivity contribution < 1.29 is 9.84 Å². The Kier molecular flexibility index (Phi) is 5.51. The van der Waals surface area contributed by atoms with Gasteiger partial charge >= 0.3 is 0 Å². The van der Waals surface area contributed by atoms with Crippen LogP contribution in [0.4, 0.5) is 0 Å². The molecule has 0 fully saturated rings. The normalized spacial score (nSPS) is 16.9. The van der Waals surface area contributed by atoms with E-state index in [-0.39, 0.29) is 12.2 Å². The first-order valence-corrected chi connectivity index (χ1v) is 4.43. The minimum atomic E-state index is -0.310. The minimum absolute atomic E-state index is 0.00463. The lowest BCUT2D eigenvalue weighted by molar-refractivity contribution is -0.0577. The van der Waals surface area contributed by atoms with Crippen LogP contribution in [-0.2, 0) is 4.74 Å². The fraction of sp³-hybridized carbons (Fsp3) is 1.00. The third-order valence-corrected chi connectivity index (χ3v) is 1.81. The van der Waals surface area contributed by atoms with Crippen LogP contribution in [0.5, 0.6) is 0 Å². The van der Waals surface area contributed by atoms with Crippen LogP contribution in [0.1, 0.15) is 34.1 Å². The Morgan fingerprint density at radius 1 is 1.27 bits per heavy atom. The van der Waals surface area contributed by atoms with E-state index in [1.807, 2.05) is 13.8 Å². The summed E-state index contributed by atoms with van der Waals surface area (Å²) in [6, 6.07) is 0. The molecule has 0 amide bonds. The van der Waals surface area contributed by atoms with Gasteiger partial charge < -0.3 is 9.84 Å². The van der Waals surface area contributed by atoms with E-state index in [1.165, 1.54) is 0 Å². The Balaban J connectivity index is 3.87. The molecule has 2 atom stereocenters. The van der Waals surface area contributed by atoms with Crippen LogP contribution in [0.25, 0.3) is 0 Å². The van der Waals surface area contributed by atoms with Crippen molar-refractivity contribution in [2.75, 3.05) is 6.61 Å². The van der Waals surface area contributed by atoms with Crippen molar-refractivity contribution in [1.82, 2.24) is 0 Å². The molecule has 0 aromatic carbocycles. The van der Waals surface area contributed by atoms with Crippen molar-refractivity contribution in [2.24, 2.45) is 5.92 Å². The van der Waals surface area contributed by atoms with Crippen LogP contribution in [0.2, 0.25) is 0 Å². The summed E-state index contributed by atoms with van der Waals surface area (Å²) in [5.41, 5.74) is 0. The number of aliphatic hydroxyl groups is 1. The SMILES string of the molecule is CCO[C@H](C(C)C)C(O)CC. The number of aliphatic hydroxyl groups excluding tert-OH is 1. The van der Waals surface area contributed by atoms with Gasteiger partial charge in [0.15, 0.2) is 0 Å². The summed E-state index contributed by atoms with van der Waals surface area (Å²) >= 11 is 0. The highest BCUT2D eigenvalue weighted by molar-refractivity contribution is 4.70. The van der Waals surface area contributed by atoms with Gasteiger partial charge in [-0.3, -0.25) is 0 Å². The Hall–Kier alpha value is -0.0800. The first-order valence-electron chi connectivity index (χ1n) is 4.43. The molecule has 68 valence electrons. The second-order valence-corrected chi connectivity index (χ2v) is 3.14. The van der Waals surface area contributed by atoms with Gasteiger partial charge in [-0.1, -0.05) is 20.8 Å². The maximum absolute atomic E-state index is 9.49. The largest absolute Gasteiger partial charge is 0.390 e. The molecule has 0 spiro atoms. The molecule has 0 saturated heterocycles. The highest BCUT2D eigenvalue weighted by atomic mass is 16.5. The van der Waals surface area contributed by atoms with E-state index in [9.17, 15) is 5.11 Å². The number of ether oxygens (including phenoxy) is 1. The molecule has 1 unspecified atom stereocenters. The molecule has 0 saturated carbocycles. The summed E-state index contributed by atoms with van der Waals surface area (Å²) in [5, 5.41) is 9.49. The van der Waals surface area contributed by atoms with E-state index in [0.717, 1.165) is 6.42 Å². The van der Waals surface area contributed by atoms with Crippen LogP contribution in [0.15, 0.2) is 0 Å². The van der Waals surface area contributed by atoms with Crippen molar-refractivity contribution in [3.63, 3.8) is 0 Å². The third-order valence-electron chi connectivity index (χ3n) is 1.81. The molecule has 0 aliphatic carbocycles. The lowest BCUT2D eigenvalue weighted by Crippen LogP contribution is -2.33. The van der Waals surface area contributed by atoms with Crippen LogP contribution in [0.3, 0.4) is 0 Å². The van der Waals surface area contributed by atoms with Crippen molar-refractivity contribution >= 4 is 0 Å². The van der Waals surface area contributed by atoms with Crippen molar-refractivity contribution in [1.29, 1.82) is 0 Å². The van der Waals surface area contributed by atoms with E-state index in [1.54, 1.807) is 0 Å². The topological polar surface area (TPSA) is 29.5 Å². The molecule has 1 N–H and O–H groups in total. The first-order chi connectivity index (χ1) is 5.13. The average Bonchev–Trinajstić information content (AvgIpc) is 1.98. The summed E-state index contributed by atoms with van der Waals surface area (Å²) in [6.45, 7) is 8.75. The Morgan fingerprint density at radius 2 is 1.82 bits per heavy atom. The second kappa shape index (κ2) is 5.56. The Morgan fingerprint density at radius 3 is 2.09 bits per heavy atom. The van der Waals surface area contributed by atoms with Gasteiger partial charge in [-0.2, -0.15) is 0 Å². The van der Waals surface area contributed by atoms with Crippen molar-refractivity contribution in [3.05, 3.63) is 0 Å². The molecule has 0 aliphatic heterocycles. The number of hydrogen-bond donors (Lipinski definition) is 1. The molecule has 11 heavy (non-hydrogen) atoms. The second-order valence-electron chi connectivity index (χ2n) is 3.14. The predicted octanol–water partition coefficient (Wildman–Crippen LogP) is 1.82. The van der Waals surface area contributed by atoms with Gasteiger partial charge in [-0.25, -0.2) is 0 Å². The quantitative estimate of drug-likeness (QED) is 0.664. The maximum Gasteiger partial charge on any atom is 0.0856 e. The zero-order valence-corrected chi connectivity index (χ0v) is 8.00. The lowest BCUT2D eigenvalue weighted by atomic mass is 10.00. The minimum Gasteiger partial charge on any atom is -0.390 e. The fourth-order valence-electron chi connectivity index (χ4n) is 1.17. The van der Waals surface area contributed by atoms with Crippen LogP contribution >= 0.6 is 0 Å². The van der Waals surface area contributed by atoms with Gasteiger partial charge in [-0.15, -0.1) is 0 Å². The molecule has 0 radical (unpaired) electrons. The van der Waals surface area contributed by atoms with E-state index in [4.69, 9.17) is 4.74 Å². The smallest absolute Gasteiger partial charge is 0.0856 e. The molecule has 0 aromatic rings. The molecule has 0 aromatic heterocycles. The van der Waals surface area contributed by atoms with E-state index < -0.39 is 0 Å². The summed E-state index contributed by atoms with van der Waals surface area (Å²) in [6.07, 6.45) is 0.461. The van der Waals surface area contributed by atoms with E-state index >= 15 is 0 Å². The molecular formula is C9H20O2. The number of hydrogen-bond acceptors (Lipinski definition) is 2. The van der Waals surface area contributed by atoms with Crippen molar-refractivity contribution in [3.8, 4) is 0 Å². The molecule has 0 bridgehead atoms. The summed E-state index contributed by atoms with van der Waals surface area (Å²) in [4.78, 5) is 0. The van der Waals surface area contributed by atoms with Gasteiger partial charge in [0.2, 0.25) is 0 Å². The van der Waals surface area contributed by atoms with E-state index in [2.05, 4.69) is 13.8 Å². The number of rotatable bonds is 5. The molecular weight excluding hydrogens is 140 g/mol. The van der Waals surface area contributed by atoms with Crippen molar-refractivity contribution in [2.45, 2.75) is 46.3 Å². The average molecular weight is 160 g/mol. The highest BCUT2D eigenvalue weighted by Crippen LogP contribution is 2.13. The molecule has 0 aliphatic rings. The lowest BCUT2D eigenvalue weighted by Gasteiger charge is -2.25. The Labute approximate surface area is 69.6 Å². The summed E-state index contributed by atoms with van der Waals surface area (Å²) in [7, 11) is 0. The molecule has 2 nitrogen and oxygen atoms in total. The van der Waals surface area contributed by atoms with Crippen LogP contribution in [-0.4, -0.2) is 23.9 Å².